The number of aromatic carboxylic acids is 1. The van der Waals surface area contributed by atoms with Gasteiger partial charge in [0.15, 0.2) is 0 Å². The lowest BCUT2D eigenvalue weighted by Gasteiger charge is -2.20. The topological polar surface area (TPSA) is 77.9 Å². The van der Waals surface area contributed by atoms with Crippen molar-refractivity contribution in [1.29, 1.82) is 0 Å². The van der Waals surface area contributed by atoms with Crippen LogP contribution in [0.25, 0.3) is 0 Å². The molecule has 0 amide bonds. The van der Waals surface area contributed by atoms with Gasteiger partial charge in [-0.15, -0.1) is 11.3 Å². The molecule has 1 heterocycles. The lowest BCUT2D eigenvalue weighted by molar-refractivity contribution is 0.0702. The van der Waals surface area contributed by atoms with E-state index in [4.69, 9.17) is 5.11 Å². The molecular weight excluding hydrogens is 300 g/mol. The van der Waals surface area contributed by atoms with Gasteiger partial charge in [0.25, 0.3) is 10.0 Å². The number of nitrogens with zero attached hydrogens (tertiary/aromatic N) is 2. The van der Waals surface area contributed by atoms with E-state index in [0.717, 1.165) is 24.3 Å². The molecule has 1 aromatic rings. The SMILES string of the molecule is CCN(CCCN(C)C)S(=O)(=O)c1ccc(C(=O)O)s1. The highest BCUT2D eigenvalue weighted by atomic mass is 32.2. The third-order valence-corrected chi connectivity index (χ3v) is 6.27. The largest absolute Gasteiger partial charge is 0.477 e. The van der Waals surface area contributed by atoms with E-state index in [2.05, 4.69) is 0 Å². The molecule has 0 saturated carbocycles. The Morgan fingerprint density at radius 1 is 1.30 bits per heavy atom. The minimum Gasteiger partial charge on any atom is -0.477 e. The summed E-state index contributed by atoms with van der Waals surface area (Å²) in [4.78, 5) is 12.9. The Morgan fingerprint density at radius 2 is 1.95 bits per heavy atom. The van der Waals surface area contributed by atoms with E-state index in [-0.39, 0.29) is 9.09 Å². The number of carboxylic acid groups (broad SMARTS) is 1. The van der Waals surface area contributed by atoms with E-state index in [9.17, 15) is 13.2 Å². The van der Waals surface area contributed by atoms with Gasteiger partial charge in [-0.05, 0) is 39.2 Å². The van der Waals surface area contributed by atoms with Crippen LogP contribution in [0.3, 0.4) is 0 Å². The van der Waals surface area contributed by atoms with Gasteiger partial charge in [0.1, 0.15) is 9.09 Å². The standard InChI is InChI=1S/C12H20N2O4S2/c1-4-14(9-5-8-13(2)3)20(17,18)11-7-6-10(19-11)12(15)16/h6-7H,4-5,8-9H2,1-3H3,(H,15,16). The number of thiophene rings is 1. The Bertz CT molecular complexity index is 552. The number of carbonyl (C=O) groups is 1. The molecule has 6 nitrogen and oxygen atoms in total. The first kappa shape index (κ1) is 17.1. The summed E-state index contributed by atoms with van der Waals surface area (Å²) in [5, 5.41) is 8.86. The molecular formula is C12H20N2O4S2. The first-order valence-corrected chi connectivity index (χ1v) is 8.52. The molecule has 0 spiro atoms. The zero-order valence-electron chi connectivity index (χ0n) is 11.9. The van der Waals surface area contributed by atoms with Gasteiger partial charge in [0.05, 0.1) is 0 Å². The Kier molecular flexibility index (Phi) is 6.12. The molecule has 0 fully saturated rings. The van der Waals surface area contributed by atoms with Gasteiger partial charge >= 0.3 is 5.97 Å². The molecule has 1 rings (SSSR count). The van der Waals surface area contributed by atoms with E-state index < -0.39 is 16.0 Å². The van der Waals surface area contributed by atoms with Gasteiger partial charge in [-0.25, -0.2) is 13.2 Å². The average molecular weight is 320 g/mol. The summed E-state index contributed by atoms with van der Waals surface area (Å²) in [6.45, 7) is 3.38. The van der Waals surface area contributed by atoms with E-state index in [1.54, 1.807) is 6.92 Å². The highest BCUT2D eigenvalue weighted by molar-refractivity contribution is 7.91. The zero-order chi connectivity index (χ0) is 15.3. The van der Waals surface area contributed by atoms with Crippen molar-refractivity contribution in [3.8, 4) is 0 Å². The van der Waals surface area contributed by atoms with Crippen LogP contribution in [-0.2, 0) is 10.0 Å². The second kappa shape index (κ2) is 7.16. The molecule has 8 heteroatoms. The molecule has 0 unspecified atom stereocenters. The molecule has 0 radical (unpaired) electrons. The summed E-state index contributed by atoms with van der Waals surface area (Å²) in [6, 6.07) is 2.69. The quantitative estimate of drug-likeness (QED) is 0.783. The Balaban J connectivity index is 2.85. The average Bonchev–Trinajstić information content (AvgIpc) is 2.84. The van der Waals surface area contributed by atoms with Crippen molar-refractivity contribution in [3.63, 3.8) is 0 Å². The normalized spacial score (nSPS) is 12.2. The molecule has 0 saturated heterocycles. The van der Waals surface area contributed by atoms with Gasteiger partial charge in [-0.2, -0.15) is 4.31 Å². The van der Waals surface area contributed by atoms with E-state index >= 15 is 0 Å². The van der Waals surface area contributed by atoms with Crippen LogP contribution in [0, 0.1) is 0 Å². The second-order valence-corrected chi connectivity index (χ2v) is 7.83. The fourth-order valence-electron chi connectivity index (χ4n) is 1.71. The predicted octanol–water partition coefficient (Wildman–Crippen LogP) is 1.41. The van der Waals surface area contributed by atoms with Crippen LogP contribution in [0.15, 0.2) is 16.3 Å². The molecule has 0 aliphatic rings. The van der Waals surface area contributed by atoms with Crippen molar-refractivity contribution >= 4 is 27.3 Å². The minimum absolute atomic E-state index is 0.0351. The maximum atomic E-state index is 12.4. The maximum Gasteiger partial charge on any atom is 0.345 e. The van der Waals surface area contributed by atoms with Gasteiger partial charge in [-0.1, -0.05) is 6.92 Å². The number of carboxylic acids is 1. The van der Waals surface area contributed by atoms with Gasteiger partial charge in [0, 0.05) is 13.1 Å². The summed E-state index contributed by atoms with van der Waals surface area (Å²) < 4.78 is 26.3. The van der Waals surface area contributed by atoms with Crippen molar-refractivity contribution in [1.82, 2.24) is 9.21 Å². The second-order valence-electron chi connectivity index (χ2n) is 4.58. The Labute approximate surface area is 123 Å². The summed E-state index contributed by atoms with van der Waals surface area (Å²) in [5.41, 5.74) is 0. The Morgan fingerprint density at radius 3 is 2.40 bits per heavy atom. The van der Waals surface area contributed by atoms with Crippen LogP contribution < -0.4 is 0 Å². The number of hydrogen-bond acceptors (Lipinski definition) is 5. The van der Waals surface area contributed by atoms with Crippen LogP contribution in [0.4, 0.5) is 0 Å². The molecule has 114 valence electrons. The predicted molar refractivity (Wildman–Crippen MR) is 78.9 cm³/mol. The van der Waals surface area contributed by atoms with Crippen molar-refractivity contribution < 1.29 is 18.3 Å². The first-order chi connectivity index (χ1) is 9.28. The smallest absolute Gasteiger partial charge is 0.345 e. The first-order valence-electron chi connectivity index (χ1n) is 6.27. The lowest BCUT2D eigenvalue weighted by atomic mass is 10.4. The molecule has 0 atom stereocenters. The van der Waals surface area contributed by atoms with Crippen molar-refractivity contribution in [2.45, 2.75) is 17.6 Å². The van der Waals surface area contributed by atoms with Crippen molar-refractivity contribution in [3.05, 3.63) is 17.0 Å². The molecule has 0 aromatic carbocycles. The van der Waals surface area contributed by atoms with Crippen molar-refractivity contribution in [2.75, 3.05) is 33.7 Å². The monoisotopic (exact) mass is 320 g/mol. The molecule has 0 aliphatic carbocycles. The summed E-state index contributed by atoms with van der Waals surface area (Å²) in [6.07, 6.45) is 0.733. The van der Waals surface area contributed by atoms with Crippen molar-refractivity contribution in [2.24, 2.45) is 0 Å². The summed E-state index contributed by atoms with van der Waals surface area (Å²) >= 11 is 0.792. The Hall–Kier alpha value is -0.960. The van der Waals surface area contributed by atoms with E-state index in [1.807, 2.05) is 19.0 Å². The minimum atomic E-state index is -3.59. The maximum absolute atomic E-state index is 12.4. The molecule has 0 aliphatic heterocycles. The number of rotatable bonds is 8. The van der Waals surface area contributed by atoms with Crippen LogP contribution in [0.5, 0.6) is 0 Å². The van der Waals surface area contributed by atoms with E-state index in [0.29, 0.717) is 13.1 Å². The van der Waals surface area contributed by atoms with Crippen LogP contribution in [-0.4, -0.2) is 62.4 Å². The van der Waals surface area contributed by atoms with E-state index in [1.165, 1.54) is 16.4 Å². The molecule has 1 aromatic heterocycles. The highest BCUT2D eigenvalue weighted by Crippen LogP contribution is 2.25. The van der Waals surface area contributed by atoms with Crippen LogP contribution in [0.1, 0.15) is 23.0 Å². The number of sulfonamides is 1. The molecule has 20 heavy (non-hydrogen) atoms. The lowest BCUT2D eigenvalue weighted by Crippen LogP contribution is -2.32. The van der Waals surface area contributed by atoms with Crippen LogP contribution >= 0.6 is 11.3 Å². The number of hydrogen-bond donors (Lipinski definition) is 1. The zero-order valence-corrected chi connectivity index (χ0v) is 13.5. The van der Waals surface area contributed by atoms with Gasteiger partial charge in [0.2, 0.25) is 0 Å². The summed E-state index contributed by atoms with van der Waals surface area (Å²) in [5.74, 6) is -1.10. The van der Waals surface area contributed by atoms with Gasteiger partial charge < -0.3 is 10.0 Å². The molecule has 0 bridgehead atoms. The fourth-order valence-corrected chi connectivity index (χ4v) is 4.50. The van der Waals surface area contributed by atoms with Gasteiger partial charge in [-0.3, -0.25) is 0 Å². The van der Waals surface area contributed by atoms with Crippen LogP contribution in [0.2, 0.25) is 0 Å². The fraction of sp³-hybridized carbons (Fsp3) is 0.583. The third-order valence-electron chi connectivity index (χ3n) is 2.75. The third kappa shape index (κ3) is 4.27. The summed E-state index contributed by atoms with van der Waals surface area (Å²) in [7, 11) is 0.276. The molecule has 1 N–H and O–H groups in total. The highest BCUT2D eigenvalue weighted by Gasteiger charge is 2.25.